The van der Waals surface area contributed by atoms with Crippen LogP contribution in [0, 0.1) is 6.92 Å². The maximum atomic E-state index is 8.58. The molecular weight excluding hydrogens is 266 g/mol. The van der Waals surface area contributed by atoms with E-state index in [1.807, 2.05) is 18.2 Å². The third-order valence-electron chi connectivity index (χ3n) is 3.09. The van der Waals surface area contributed by atoms with Gasteiger partial charge in [-0.15, -0.1) is 0 Å². The van der Waals surface area contributed by atoms with Gasteiger partial charge in [0.1, 0.15) is 12.4 Å². The number of benzene rings is 2. The zero-order valence-corrected chi connectivity index (χ0v) is 11.9. The van der Waals surface area contributed by atoms with Crippen LogP contribution in [0.15, 0.2) is 53.7 Å². The van der Waals surface area contributed by atoms with Crippen molar-refractivity contribution in [3.05, 3.63) is 59.7 Å². The zero-order valence-electron chi connectivity index (χ0n) is 11.9. The number of nitrogens with two attached hydrogens (primary N) is 1. The van der Waals surface area contributed by atoms with Crippen LogP contribution in [0.1, 0.15) is 11.1 Å². The van der Waals surface area contributed by atoms with E-state index in [-0.39, 0.29) is 5.84 Å². The van der Waals surface area contributed by atoms with Crippen LogP contribution in [-0.4, -0.2) is 24.2 Å². The van der Waals surface area contributed by atoms with Crippen molar-refractivity contribution < 1.29 is 9.94 Å². The van der Waals surface area contributed by atoms with Crippen molar-refractivity contribution in [2.75, 3.05) is 18.5 Å². The summed E-state index contributed by atoms with van der Waals surface area (Å²) in [7, 11) is 0. The molecule has 0 spiro atoms. The minimum absolute atomic E-state index is 0.0859. The lowest BCUT2D eigenvalue weighted by molar-refractivity contribution is 0.318. The standard InChI is InChI=1S/C16H19N3O2/c1-12-4-2-3-5-15(12)18-10-11-21-14-8-6-13(7-9-14)16(17)19-20/h2-9,18,20H,10-11H2,1H3,(H2,17,19). The molecule has 0 amide bonds. The highest BCUT2D eigenvalue weighted by Crippen LogP contribution is 2.14. The van der Waals surface area contributed by atoms with Gasteiger partial charge < -0.3 is 21.0 Å². The van der Waals surface area contributed by atoms with Crippen LogP contribution in [0.4, 0.5) is 5.69 Å². The normalized spacial score (nSPS) is 11.2. The maximum Gasteiger partial charge on any atom is 0.170 e. The number of nitrogens with one attached hydrogen (secondary N) is 1. The number of rotatable bonds is 6. The van der Waals surface area contributed by atoms with Crippen molar-refractivity contribution in [2.24, 2.45) is 10.9 Å². The van der Waals surface area contributed by atoms with Gasteiger partial charge in [-0.2, -0.15) is 0 Å². The van der Waals surface area contributed by atoms with Crippen LogP contribution in [0.25, 0.3) is 0 Å². The fraction of sp³-hybridized carbons (Fsp3) is 0.188. The summed E-state index contributed by atoms with van der Waals surface area (Å²) in [5, 5.41) is 14.9. The molecule has 5 heteroatoms. The topological polar surface area (TPSA) is 79.9 Å². The second-order valence-corrected chi connectivity index (χ2v) is 4.60. The molecule has 0 saturated heterocycles. The summed E-state index contributed by atoms with van der Waals surface area (Å²) in [6.07, 6.45) is 0. The van der Waals surface area contributed by atoms with Gasteiger partial charge in [-0.3, -0.25) is 0 Å². The highest BCUT2D eigenvalue weighted by atomic mass is 16.5. The lowest BCUT2D eigenvalue weighted by Gasteiger charge is -2.10. The van der Waals surface area contributed by atoms with Gasteiger partial charge in [-0.25, -0.2) is 0 Å². The van der Waals surface area contributed by atoms with Crippen LogP contribution < -0.4 is 15.8 Å². The fourth-order valence-electron chi connectivity index (χ4n) is 1.91. The van der Waals surface area contributed by atoms with Gasteiger partial charge in [-0.05, 0) is 42.8 Å². The first-order valence-corrected chi connectivity index (χ1v) is 6.71. The zero-order chi connectivity index (χ0) is 15.1. The van der Waals surface area contributed by atoms with Crippen molar-refractivity contribution in [1.29, 1.82) is 0 Å². The number of aryl methyl sites for hydroxylation is 1. The van der Waals surface area contributed by atoms with E-state index >= 15 is 0 Å². The average Bonchev–Trinajstić information content (AvgIpc) is 2.53. The molecule has 2 aromatic carbocycles. The molecule has 110 valence electrons. The van der Waals surface area contributed by atoms with E-state index in [0.29, 0.717) is 18.7 Å². The van der Waals surface area contributed by atoms with Gasteiger partial charge >= 0.3 is 0 Å². The Bertz CT molecular complexity index is 609. The molecular formula is C16H19N3O2. The Balaban J connectivity index is 1.80. The third kappa shape index (κ3) is 4.14. The molecule has 2 rings (SSSR count). The van der Waals surface area contributed by atoms with Crippen molar-refractivity contribution in [2.45, 2.75) is 6.92 Å². The maximum absolute atomic E-state index is 8.58. The third-order valence-corrected chi connectivity index (χ3v) is 3.09. The number of ether oxygens (including phenoxy) is 1. The Hall–Kier alpha value is -2.69. The number of amidine groups is 1. The van der Waals surface area contributed by atoms with E-state index in [1.54, 1.807) is 24.3 Å². The quantitative estimate of drug-likeness (QED) is 0.250. The molecule has 4 N–H and O–H groups in total. The molecule has 0 saturated carbocycles. The second kappa shape index (κ2) is 7.19. The van der Waals surface area contributed by atoms with Crippen LogP contribution >= 0.6 is 0 Å². The largest absolute Gasteiger partial charge is 0.492 e. The molecule has 0 aliphatic rings. The molecule has 0 fully saturated rings. The average molecular weight is 285 g/mol. The van der Waals surface area contributed by atoms with Gasteiger partial charge in [0.2, 0.25) is 0 Å². The predicted octanol–water partition coefficient (Wildman–Crippen LogP) is 2.58. The van der Waals surface area contributed by atoms with E-state index in [0.717, 1.165) is 11.4 Å². The Labute approximate surface area is 124 Å². The minimum Gasteiger partial charge on any atom is -0.492 e. The summed E-state index contributed by atoms with van der Waals surface area (Å²) in [4.78, 5) is 0. The van der Waals surface area contributed by atoms with Crippen molar-refractivity contribution in [3.63, 3.8) is 0 Å². The highest BCUT2D eigenvalue weighted by molar-refractivity contribution is 5.97. The SMILES string of the molecule is Cc1ccccc1NCCOc1ccc(C(N)=NO)cc1. The molecule has 0 radical (unpaired) electrons. The van der Waals surface area contributed by atoms with Crippen molar-refractivity contribution in [1.82, 2.24) is 0 Å². The molecule has 0 aliphatic carbocycles. The number of oxime groups is 1. The summed E-state index contributed by atoms with van der Waals surface area (Å²) in [6, 6.07) is 15.2. The Morgan fingerprint density at radius 3 is 2.57 bits per heavy atom. The van der Waals surface area contributed by atoms with Gasteiger partial charge in [0.05, 0.1) is 0 Å². The highest BCUT2D eigenvalue weighted by Gasteiger charge is 2.00. The summed E-state index contributed by atoms with van der Waals surface area (Å²) in [5.41, 5.74) is 8.47. The predicted molar refractivity (Wildman–Crippen MR) is 84.1 cm³/mol. The Morgan fingerprint density at radius 1 is 1.19 bits per heavy atom. The molecule has 0 unspecified atom stereocenters. The number of nitrogens with zero attached hydrogens (tertiary/aromatic N) is 1. The van der Waals surface area contributed by atoms with Crippen LogP contribution in [0.2, 0.25) is 0 Å². The molecule has 0 aromatic heterocycles. The van der Waals surface area contributed by atoms with E-state index < -0.39 is 0 Å². The van der Waals surface area contributed by atoms with E-state index in [1.165, 1.54) is 5.56 Å². The molecule has 0 bridgehead atoms. The monoisotopic (exact) mass is 285 g/mol. The number of hydrogen-bond acceptors (Lipinski definition) is 4. The summed E-state index contributed by atoms with van der Waals surface area (Å²) >= 11 is 0. The van der Waals surface area contributed by atoms with E-state index in [4.69, 9.17) is 15.7 Å². The van der Waals surface area contributed by atoms with E-state index in [9.17, 15) is 0 Å². The van der Waals surface area contributed by atoms with Gasteiger partial charge in [0.25, 0.3) is 0 Å². The number of hydrogen-bond donors (Lipinski definition) is 3. The summed E-state index contributed by atoms with van der Waals surface area (Å²) in [5.74, 6) is 0.832. The summed E-state index contributed by atoms with van der Waals surface area (Å²) < 4.78 is 5.63. The molecule has 0 atom stereocenters. The van der Waals surface area contributed by atoms with Crippen LogP contribution in [0.5, 0.6) is 5.75 Å². The first kappa shape index (κ1) is 14.7. The molecule has 21 heavy (non-hydrogen) atoms. The van der Waals surface area contributed by atoms with Crippen molar-refractivity contribution >= 4 is 11.5 Å². The first-order valence-electron chi connectivity index (χ1n) is 6.71. The van der Waals surface area contributed by atoms with Crippen LogP contribution in [-0.2, 0) is 0 Å². The van der Waals surface area contributed by atoms with E-state index in [2.05, 4.69) is 23.5 Å². The lowest BCUT2D eigenvalue weighted by Crippen LogP contribution is -2.13. The molecule has 0 heterocycles. The van der Waals surface area contributed by atoms with Gasteiger partial charge in [-0.1, -0.05) is 23.4 Å². The number of para-hydroxylation sites is 1. The summed E-state index contributed by atoms with van der Waals surface area (Å²) in [6.45, 7) is 3.33. The minimum atomic E-state index is 0.0859. The molecule has 5 nitrogen and oxygen atoms in total. The first-order chi connectivity index (χ1) is 10.2. The lowest BCUT2D eigenvalue weighted by atomic mass is 10.2. The van der Waals surface area contributed by atoms with Gasteiger partial charge in [0.15, 0.2) is 5.84 Å². The Kier molecular flexibility index (Phi) is 5.04. The fourth-order valence-corrected chi connectivity index (χ4v) is 1.91. The van der Waals surface area contributed by atoms with Crippen molar-refractivity contribution in [3.8, 4) is 5.75 Å². The number of anilines is 1. The van der Waals surface area contributed by atoms with Gasteiger partial charge in [0, 0.05) is 17.8 Å². The Morgan fingerprint density at radius 2 is 1.90 bits per heavy atom. The smallest absolute Gasteiger partial charge is 0.170 e. The van der Waals surface area contributed by atoms with Crippen LogP contribution in [0.3, 0.4) is 0 Å². The second-order valence-electron chi connectivity index (χ2n) is 4.60. The molecule has 2 aromatic rings. The molecule has 0 aliphatic heterocycles.